The van der Waals surface area contributed by atoms with Gasteiger partial charge in [0.15, 0.2) is 5.82 Å². The molecular weight excluding hydrogens is 244 g/mol. The summed E-state index contributed by atoms with van der Waals surface area (Å²) >= 11 is 0. The van der Waals surface area contributed by atoms with Crippen molar-refractivity contribution in [3.8, 4) is 0 Å². The quantitative estimate of drug-likeness (QED) is 0.715. The predicted molar refractivity (Wildman–Crippen MR) is 73.6 cm³/mol. The number of nitrogen functional groups attached to an aromatic ring is 1. The van der Waals surface area contributed by atoms with Gasteiger partial charge in [-0.25, -0.2) is 9.97 Å². The molecule has 0 spiro atoms. The Balaban J connectivity index is 1.93. The number of nitrogens with two attached hydrogens (primary N) is 1. The molecule has 0 radical (unpaired) electrons. The van der Waals surface area contributed by atoms with E-state index in [9.17, 15) is 5.11 Å². The van der Waals surface area contributed by atoms with Gasteiger partial charge in [0.2, 0.25) is 0 Å². The predicted octanol–water partition coefficient (Wildman–Crippen LogP) is 1.17. The molecule has 2 rings (SSSR count). The zero-order valence-electron chi connectivity index (χ0n) is 11.3. The molecule has 19 heavy (non-hydrogen) atoms. The number of nitrogens with one attached hydrogen (secondary N) is 1. The van der Waals surface area contributed by atoms with E-state index in [1.807, 2.05) is 6.92 Å². The number of hydrogen-bond acceptors (Lipinski definition) is 6. The molecule has 106 valence electrons. The molecule has 4 N–H and O–H groups in total. The lowest BCUT2D eigenvalue weighted by molar-refractivity contribution is 0.128. The van der Waals surface area contributed by atoms with Crippen LogP contribution in [-0.4, -0.2) is 34.3 Å². The maximum Gasteiger partial charge on any atom is 0.158 e. The summed E-state index contributed by atoms with van der Waals surface area (Å²) in [6, 6.07) is 1.71. The van der Waals surface area contributed by atoms with Crippen molar-refractivity contribution in [1.82, 2.24) is 9.97 Å². The summed E-state index contributed by atoms with van der Waals surface area (Å²) in [4.78, 5) is 8.47. The second-order valence-corrected chi connectivity index (χ2v) is 4.87. The molecule has 1 aliphatic rings. The van der Waals surface area contributed by atoms with Crippen molar-refractivity contribution in [1.29, 1.82) is 0 Å². The third-order valence-corrected chi connectivity index (χ3v) is 3.39. The van der Waals surface area contributed by atoms with Gasteiger partial charge in [-0.2, -0.15) is 0 Å². The fraction of sp³-hybridized carbons (Fsp3) is 0.692. The van der Waals surface area contributed by atoms with Crippen molar-refractivity contribution in [2.75, 3.05) is 24.2 Å². The number of rotatable bonds is 6. The summed E-state index contributed by atoms with van der Waals surface area (Å²) in [5.41, 5.74) is 5.75. The summed E-state index contributed by atoms with van der Waals surface area (Å²) in [7, 11) is 0. The monoisotopic (exact) mass is 266 g/mol. The normalized spacial score (nSPS) is 22.6. The molecule has 1 fully saturated rings. The van der Waals surface area contributed by atoms with Gasteiger partial charge in [0.25, 0.3) is 0 Å². The SMILES string of the molecule is CCOCc1nc(N)cc(NCC2CCCC2O)n1. The molecule has 0 amide bonds. The van der Waals surface area contributed by atoms with Gasteiger partial charge in [0.1, 0.15) is 18.2 Å². The fourth-order valence-electron chi connectivity index (χ4n) is 2.36. The van der Waals surface area contributed by atoms with Crippen LogP contribution < -0.4 is 11.1 Å². The van der Waals surface area contributed by atoms with Gasteiger partial charge in [-0.15, -0.1) is 0 Å². The Labute approximate surface area is 113 Å². The van der Waals surface area contributed by atoms with Crippen LogP contribution in [0.1, 0.15) is 32.0 Å². The maximum atomic E-state index is 9.77. The van der Waals surface area contributed by atoms with E-state index in [0.29, 0.717) is 43.1 Å². The first-order valence-electron chi connectivity index (χ1n) is 6.82. The summed E-state index contributed by atoms with van der Waals surface area (Å²) < 4.78 is 5.28. The van der Waals surface area contributed by atoms with Crippen molar-refractivity contribution in [3.63, 3.8) is 0 Å². The smallest absolute Gasteiger partial charge is 0.158 e. The lowest BCUT2D eigenvalue weighted by atomic mass is 10.1. The van der Waals surface area contributed by atoms with Crippen molar-refractivity contribution in [2.24, 2.45) is 5.92 Å². The Morgan fingerprint density at radius 3 is 3.00 bits per heavy atom. The highest BCUT2D eigenvalue weighted by molar-refractivity contribution is 5.44. The van der Waals surface area contributed by atoms with Gasteiger partial charge in [-0.05, 0) is 19.8 Å². The van der Waals surface area contributed by atoms with Crippen LogP contribution in [0.15, 0.2) is 6.07 Å². The molecule has 1 saturated carbocycles. The van der Waals surface area contributed by atoms with Crippen LogP contribution in [0.3, 0.4) is 0 Å². The van der Waals surface area contributed by atoms with E-state index in [0.717, 1.165) is 19.3 Å². The van der Waals surface area contributed by atoms with E-state index >= 15 is 0 Å². The number of aliphatic hydroxyl groups excluding tert-OH is 1. The number of ether oxygens (including phenoxy) is 1. The van der Waals surface area contributed by atoms with E-state index in [1.54, 1.807) is 6.07 Å². The lowest BCUT2D eigenvalue weighted by Crippen LogP contribution is -2.22. The van der Waals surface area contributed by atoms with Crippen LogP contribution in [-0.2, 0) is 11.3 Å². The molecule has 6 nitrogen and oxygen atoms in total. The zero-order chi connectivity index (χ0) is 13.7. The fourth-order valence-corrected chi connectivity index (χ4v) is 2.36. The summed E-state index contributed by atoms with van der Waals surface area (Å²) in [5, 5.41) is 13.0. The first-order chi connectivity index (χ1) is 9.19. The molecule has 0 aromatic carbocycles. The van der Waals surface area contributed by atoms with Gasteiger partial charge in [0, 0.05) is 25.1 Å². The maximum absolute atomic E-state index is 9.77. The van der Waals surface area contributed by atoms with E-state index < -0.39 is 0 Å². The van der Waals surface area contributed by atoms with E-state index in [2.05, 4.69) is 15.3 Å². The topological polar surface area (TPSA) is 93.3 Å². The molecule has 0 bridgehead atoms. The largest absolute Gasteiger partial charge is 0.393 e. The molecule has 0 aliphatic heterocycles. The van der Waals surface area contributed by atoms with Gasteiger partial charge >= 0.3 is 0 Å². The number of aromatic nitrogens is 2. The van der Waals surface area contributed by atoms with Crippen LogP contribution in [0.2, 0.25) is 0 Å². The zero-order valence-corrected chi connectivity index (χ0v) is 11.3. The molecule has 6 heteroatoms. The highest BCUT2D eigenvalue weighted by atomic mass is 16.5. The molecular formula is C13H22N4O2. The van der Waals surface area contributed by atoms with Gasteiger partial charge < -0.3 is 20.9 Å². The van der Waals surface area contributed by atoms with Crippen LogP contribution in [0.25, 0.3) is 0 Å². The molecule has 2 atom stereocenters. The number of nitrogens with zero attached hydrogens (tertiary/aromatic N) is 2. The summed E-state index contributed by atoms with van der Waals surface area (Å²) in [6.45, 7) is 3.62. The van der Waals surface area contributed by atoms with E-state index in [-0.39, 0.29) is 6.10 Å². The minimum Gasteiger partial charge on any atom is -0.393 e. The second kappa shape index (κ2) is 6.68. The van der Waals surface area contributed by atoms with Crippen LogP contribution >= 0.6 is 0 Å². The second-order valence-electron chi connectivity index (χ2n) is 4.87. The Kier molecular flexibility index (Phi) is 4.93. The molecule has 1 aromatic rings. The van der Waals surface area contributed by atoms with E-state index in [4.69, 9.17) is 10.5 Å². The number of aliphatic hydroxyl groups is 1. The standard InChI is InChI=1S/C13H22N4O2/c1-2-19-8-13-16-11(14)6-12(17-13)15-7-9-4-3-5-10(9)18/h6,9-10,18H,2-5,7-8H2,1H3,(H3,14,15,16,17). The Morgan fingerprint density at radius 2 is 2.32 bits per heavy atom. The van der Waals surface area contributed by atoms with Crippen molar-refractivity contribution in [2.45, 2.75) is 38.9 Å². The summed E-state index contributed by atoms with van der Waals surface area (Å²) in [6.07, 6.45) is 2.85. The van der Waals surface area contributed by atoms with Gasteiger partial charge in [-0.3, -0.25) is 0 Å². The molecule has 0 saturated heterocycles. The lowest BCUT2D eigenvalue weighted by Gasteiger charge is -2.16. The molecule has 1 heterocycles. The molecule has 1 aromatic heterocycles. The average molecular weight is 266 g/mol. The molecule has 1 aliphatic carbocycles. The van der Waals surface area contributed by atoms with Crippen LogP contribution in [0.4, 0.5) is 11.6 Å². The third-order valence-electron chi connectivity index (χ3n) is 3.39. The minimum absolute atomic E-state index is 0.199. The van der Waals surface area contributed by atoms with Crippen LogP contribution in [0, 0.1) is 5.92 Å². The Hall–Kier alpha value is -1.40. The van der Waals surface area contributed by atoms with Crippen molar-refractivity contribution >= 4 is 11.6 Å². The Morgan fingerprint density at radius 1 is 1.47 bits per heavy atom. The number of hydrogen-bond donors (Lipinski definition) is 3. The number of anilines is 2. The molecule has 2 unspecified atom stereocenters. The van der Waals surface area contributed by atoms with E-state index in [1.165, 1.54) is 0 Å². The first-order valence-corrected chi connectivity index (χ1v) is 6.82. The Bertz CT molecular complexity index is 414. The van der Waals surface area contributed by atoms with Crippen molar-refractivity contribution in [3.05, 3.63) is 11.9 Å². The highest BCUT2D eigenvalue weighted by Crippen LogP contribution is 2.25. The van der Waals surface area contributed by atoms with Crippen LogP contribution in [0.5, 0.6) is 0 Å². The van der Waals surface area contributed by atoms with Gasteiger partial charge in [0.05, 0.1) is 6.10 Å². The van der Waals surface area contributed by atoms with Gasteiger partial charge in [-0.1, -0.05) is 6.42 Å². The minimum atomic E-state index is -0.199. The highest BCUT2D eigenvalue weighted by Gasteiger charge is 2.24. The third kappa shape index (κ3) is 4.04. The summed E-state index contributed by atoms with van der Waals surface area (Å²) in [5.74, 6) is 2.00. The van der Waals surface area contributed by atoms with Crippen molar-refractivity contribution < 1.29 is 9.84 Å². The average Bonchev–Trinajstić information content (AvgIpc) is 2.79. The first kappa shape index (κ1) is 14.0.